The number of benzene rings is 1. The van der Waals surface area contributed by atoms with Gasteiger partial charge in [0, 0.05) is 29.8 Å². The molecule has 10 heteroatoms. The summed E-state index contributed by atoms with van der Waals surface area (Å²) in [5.41, 5.74) is 1.63. The number of piperidine rings is 1. The fourth-order valence-electron chi connectivity index (χ4n) is 4.01. The van der Waals surface area contributed by atoms with E-state index in [1.165, 1.54) is 17.1 Å². The van der Waals surface area contributed by atoms with Crippen molar-refractivity contribution in [1.82, 2.24) is 19.9 Å². The Bertz CT molecular complexity index is 1030. The Labute approximate surface area is 204 Å². The van der Waals surface area contributed by atoms with E-state index in [2.05, 4.69) is 15.1 Å². The number of ketones is 1. The molecule has 2 atom stereocenters. The molecule has 2 fully saturated rings. The van der Waals surface area contributed by atoms with E-state index in [4.69, 9.17) is 17.4 Å². The van der Waals surface area contributed by atoms with E-state index >= 15 is 0 Å². The molecule has 0 amide bonds. The molecule has 1 saturated heterocycles. The molecule has 2 aromatic rings. The van der Waals surface area contributed by atoms with Crippen LogP contribution in [0.4, 0.5) is 4.39 Å². The normalized spacial score (nSPS) is 20.8. The Hall–Kier alpha value is -2.23. The predicted molar refractivity (Wildman–Crippen MR) is 127 cm³/mol. The number of Topliss-reactive ketones (excluding diaryl/α,β-unsaturated/α-hetero) is 1. The molecule has 178 valence electrons. The van der Waals surface area contributed by atoms with Gasteiger partial charge in [0.1, 0.15) is 5.82 Å². The first kappa shape index (κ1) is 25.4. The highest BCUT2D eigenvalue weighted by Gasteiger charge is 2.40. The van der Waals surface area contributed by atoms with Crippen LogP contribution in [0.5, 0.6) is 0 Å². The van der Waals surface area contributed by atoms with Crippen molar-refractivity contribution >= 4 is 36.8 Å². The van der Waals surface area contributed by atoms with Crippen LogP contribution < -0.4 is 0 Å². The van der Waals surface area contributed by atoms with Gasteiger partial charge in [0.2, 0.25) is 0 Å². The molecular formula is C23H28ClFN4O3S. The molecule has 0 radical (unpaired) electrons. The van der Waals surface area contributed by atoms with Gasteiger partial charge in [0.15, 0.2) is 11.5 Å². The van der Waals surface area contributed by atoms with Gasteiger partial charge in [-0.1, -0.05) is 24.3 Å². The third kappa shape index (κ3) is 6.02. The van der Waals surface area contributed by atoms with Crippen LogP contribution in [0.25, 0.3) is 0 Å². The third-order valence-corrected chi connectivity index (χ3v) is 6.45. The first-order valence-electron chi connectivity index (χ1n) is 10.9. The molecule has 4 rings (SSSR count). The number of likely N-dealkylation sites (tertiary alicyclic amines) is 1. The van der Waals surface area contributed by atoms with E-state index in [1.54, 1.807) is 25.1 Å². The summed E-state index contributed by atoms with van der Waals surface area (Å²) in [7, 11) is 0. The maximum absolute atomic E-state index is 14.6. The fourth-order valence-corrected chi connectivity index (χ4v) is 4.32. The number of hydrogen-bond donors (Lipinski definition) is 1. The van der Waals surface area contributed by atoms with Gasteiger partial charge in [0.05, 0.1) is 25.4 Å². The number of allylic oxidation sites excluding steroid dienone is 1. The van der Waals surface area contributed by atoms with Gasteiger partial charge in [-0.05, 0) is 37.8 Å². The first-order valence-corrected chi connectivity index (χ1v) is 11.5. The summed E-state index contributed by atoms with van der Waals surface area (Å²) in [6.07, 6.45) is 5.86. The molecule has 33 heavy (non-hydrogen) atoms. The third-order valence-electron chi connectivity index (χ3n) is 5.86. The van der Waals surface area contributed by atoms with Gasteiger partial charge in [-0.25, -0.2) is 9.18 Å². The van der Waals surface area contributed by atoms with Gasteiger partial charge < -0.3 is 4.74 Å². The van der Waals surface area contributed by atoms with Gasteiger partial charge >= 0.3 is 5.97 Å². The van der Waals surface area contributed by atoms with Crippen molar-refractivity contribution in [2.75, 3.05) is 19.7 Å². The highest BCUT2D eigenvalue weighted by molar-refractivity contribution is 7.81. The highest BCUT2D eigenvalue weighted by Crippen LogP contribution is 2.39. The number of aromatic nitrogens is 3. The maximum atomic E-state index is 14.6. The van der Waals surface area contributed by atoms with Crippen molar-refractivity contribution in [2.45, 2.75) is 44.0 Å². The fraction of sp³-hybridized carbons (Fsp3) is 0.478. The number of carbonyl (C=O) groups is 2. The second-order valence-electron chi connectivity index (χ2n) is 8.16. The summed E-state index contributed by atoms with van der Waals surface area (Å²) in [6, 6.07) is 5.95. The minimum absolute atomic E-state index is 0. The summed E-state index contributed by atoms with van der Waals surface area (Å²) in [6.45, 7) is 3.54. The van der Waals surface area contributed by atoms with Gasteiger partial charge in [0.25, 0.3) is 0 Å². The minimum atomic E-state index is -0.592. The van der Waals surface area contributed by atoms with Crippen LogP contribution in [-0.2, 0) is 16.1 Å². The number of nitrogens with zero attached hydrogens (tertiary/aromatic N) is 4. The Morgan fingerprint density at radius 1 is 1.30 bits per heavy atom. The standard InChI is InChI=1S/C23H27FN4O3S.ClH/c1-2-31-23(30)19-13-25-28(26-19)12-9-16-14-27(11-10-20(16)32)21(22(29)15-7-8-15)17-5-3-4-6-18(17)24;/h3-6,9,13,15,20-21,32H,2,7-8,10-12,14H2,1H3;1H. The quantitative estimate of drug-likeness (QED) is 0.343. The van der Waals surface area contributed by atoms with E-state index < -0.39 is 12.0 Å². The lowest BCUT2D eigenvalue weighted by atomic mass is 9.93. The topological polar surface area (TPSA) is 77.3 Å². The molecule has 0 bridgehead atoms. The van der Waals surface area contributed by atoms with Gasteiger partial charge in [-0.3, -0.25) is 9.69 Å². The Morgan fingerprint density at radius 3 is 2.76 bits per heavy atom. The number of hydrogen-bond acceptors (Lipinski definition) is 7. The molecule has 2 heterocycles. The van der Waals surface area contributed by atoms with E-state index in [0.717, 1.165) is 24.8 Å². The van der Waals surface area contributed by atoms with Crippen molar-refractivity contribution < 1.29 is 18.7 Å². The number of ether oxygens (including phenoxy) is 1. The number of rotatable bonds is 8. The Balaban J connectivity index is 0.00000306. The zero-order valence-electron chi connectivity index (χ0n) is 18.4. The molecule has 1 aliphatic heterocycles. The van der Waals surface area contributed by atoms with Crippen LogP contribution in [0.1, 0.15) is 48.3 Å². The summed E-state index contributed by atoms with van der Waals surface area (Å²) < 4.78 is 19.6. The van der Waals surface area contributed by atoms with Crippen LogP contribution in [-0.4, -0.2) is 56.6 Å². The van der Waals surface area contributed by atoms with Crippen LogP contribution in [0.3, 0.4) is 0 Å². The van der Waals surface area contributed by atoms with Crippen molar-refractivity contribution in [3.63, 3.8) is 0 Å². The number of halogens is 2. The summed E-state index contributed by atoms with van der Waals surface area (Å²) >= 11 is 4.71. The van der Waals surface area contributed by atoms with Crippen LogP contribution in [0, 0.1) is 11.7 Å². The van der Waals surface area contributed by atoms with Crippen LogP contribution in [0.15, 0.2) is 42.1 Å². The molecule has 1 aromatic carbocycles. The van der Waals surface area contributed by atoms with E-state index in [-0.39, 0.29) is 47.5 Å². The van der Waals surface area contributed by atoms with Gasteiger partial charge in [-0.15, -0.1) is 17.5 Å². The zero-order chi connectivity index (χ0) is 22.7. The lowest BCUT2D eigenvalue weighted by molar-refractivity contribution is -0.126. The average Bonchev–Trinajstić information content (AvgIpc) is 3.53. The molecule has 2 aliphatic rings. The van der Waals surface area contributed by atoms with Crippen molar-refractivity contribution in [3.05, 3.63) is 59.2 Å². The monoisotopic (exact) mass is 494 g/mol. The van der Waals surface area contributed by atoms with E-state index in [9.17, 15) is 14.0 Å². The smallest absolute Gasteiger partial charge is 0.360 e. The molecule has 7 nitrogen and oxygen atoms in total. The zero-order valence-corrected chi connectivity index (χ0v) is 20.1. The predicted octanol–water partition coefficient (Wildman–Crippen LogP) is 3.67. The minimum Gasteiger partial charge on any atom is -0.461 e. The van der Waals surface area contributed by atoms with Crippen LogP contribution in [0.2, 0.25) is 0 Å². The molecule has 1 saturated carbocycles. The number of esters is 1. The molecule has 1 aromatic heterocycles. The lowest BCUT2D eigenvalue weighted by Gasteiger charge is -2.37. The number of thiol groups is 1. The summed E-state index contributed by atoms with van der Waals surface area (Å²) in [4.78, 5) is 28.4. The molecule has 0 spiro atoms. The highest BCUT2D eigenvalue weighted by atomic mass is 35.5. The maximum Gasteiger partial charge on any atom is 0.360 e. The molecular weight excluding hydrogens is 467 g/mol. The van der Waals surface area contributed by atoms with Crippen LogP contribution >= 0.6 is 25.0 Å². The van der Waals surface area contributed by atoms with Gasteiger partial charge in [-0.2, -0.15) is 22.5 Å². The second kappa shape index (κ2) is 11.3. The second-order valence-corrected chi connectivity index (χ2v) is 8.78. The lowest BCUT2D eigenvalue weighted by Crippen LogP contribution is -2.42. The molecule has 1 aliphatic carbocycles. The molecule has 2 unspecified atom stereocenters. The van der Waals surface area contributed by atoms with Crippen molar-refractivity contribution in [2.24, 2.45) is 5.92 Å². The van der Waals surface area contributed by atoms with E-state index in [1.807, 2.05) is 6.08 Å². The molecule has 0 N–H and O–H groups in total. The summed E-state index contributed by atoms with van der Waals surface area (Å²) in [5.74, 6) is -0.735. The van der Waals surface area contributed by atoms with Crippen molar-refractivity contribution in [1.29, 1.82) is 0 Å². The SMILES string of the molecule is CCOC(=O)c1cnn(CC=C2CN(C(C(=O)C3CC3)c3ccccc3F)CCC2S)n1.Cl. The largest absolute Gasteiger partial charge is 0.461 e. The van der Waals surface area contributed by atoms with E-state index in [0.29, 0.717) is 25.2 Å². The Kier molecular flexibility index (Phi) is 8.67. The average molecular weight is 495 g/mol. The number of carbonyl (C=O) groups excluding carboxylic acids is 2. The Morgan fingerprint density at radius 2 is 2.06 bits per heavy atom. The first-order chi connectivity index (χ1) is 15.5. The summed E-state index contributed by atoms with van der Waals surface area (Å²) in [5, 5.41) is 8.31. The van der Waals surface area contributed by atoms with Crippen molar-refractivity contribution in [3.8, 4) is 0 Å².